The van der Waals surface area contributed by atoms with E-state index in [4.69, 9.17) is 4.99 Å². The van der Waals surface area contributed by atoms with Crippen molar-refractivity contribution < 1.29 is 9.59 Å². The highest BCUT2D eigenvalue weighted by Gasteiger charge is 2.24. The Bertz CT molecular complexity index is 591. The zero-order chi connectivity index (χ0) is 23.3. The van der Waals surface area contributed by atoms with Gasteiger partial charge in [-0.15, -0.1) is 0 Å². The van der Waals surface area contributed by atoms with Gasteiger partial charge in [-0.05, 0) is 57.3 Å². The van der Waals surface area contributed by atoms with Crippen LogP contribution < -0.4 is 10.6 Å². The van der Waals surface area contributed by atoms with Crippen LogP contribution in [0.2, 0.25) is 0 Å². The van der Waals surface area contributed by atoms with E-state index in [9.17, 15) is 9.59 Å². The molecule has 184 valence electrons. The maximum absolute atomic E-state index is 12.5. The number of hydrogen-bond donors (Lipinski definition) is 2. The first kappa shape index (κ1) is 26.5. The van der Waals surface area contributed by atoms with Crippen molar-refractivity contribution in [3.05, 3.63) is 0 Å². The normalized spacial score (nSPS) is 22.2. The first-order valence-electron chi connectivity index (χ1n) is 13.0. The summed E-state index contributed by atoms with van der Waals surface area (Å²) in [6.45, 7) is 12.9. The average Bonchev–Trinajstić information content (AvgIpc) is 2.77. The number of unbranched alkanes of at least 4 members (excludes halogenated alkanes) is 2. The van der Waals surface area contributed by atoms with Crippen molar-refractivity contribution in [1.29, 1.82) is 0 Å². The Morgan fingerprint density at radius 2 is 1.56 bits per heavy atom. The predicted octanol–water partition coefficient (Wildman–Crippen LogP) is 3.40. The summed E-state index contributed by atoms with van der Waals surface area (Å²) in [5.41, 5.74) is 0. The van der Waals surface area contributed by atoms with Crippen molar-refractivity contribution in [2.45, 2.75) is 91.5 Å². The van der Waals surface area contributed by atoms with Gasteiger partial charge in [-0.25, -0.2) is 0 Å². The minimum Gasteiger partial charge on any atom is -0.357 e. The summed E-state index contributed by atoms with van der Waals surface area (Å²) in [6, 6.07) is 0.544. The van der Waals surface area contributed by atoms with Gasteiger partial charge >= 0.3 is 0 Å². The van der Waals surface area contributed by atoms with Crippen LogP contribution in [0.15, 0.2) is 4.99 Å². The number of hydrogen-bond acceptors (Lipinski definition) is 3. The van der Waals surface area contributed by atoms with Gasteiger partial charge in [-0.3, -0.25) is 14.6 Å². The highest BCUT2D eigenvalue weighted by atomic mass is 16.2. The van der Waals surface area contributed by atoms with Gasteiger partial charge in [-0.2, -0.15) is 0 Å². The zero-order valence-electron chi connectivity index (χ0n) is 21.0. The SMILES string of the molecule is CCNC(=NCCCCCC(=O)N1CCN(C(=O)CC(C)C)CC1)NC1CCC(C)CC1. The topological polar surface area (TPSA) is 77.0 Å². The molecule has 2 fully saturated rings. The molecule has 1 saturated carbocycles. The molecule has 32 heavy (non-hydrogen) atoms. The minimum absolute atomic E-state index is 0.220. The molecule has 1 aliphatic carbocycles. The Morgan fingerprint density at radius 1 is 0.938 bits per heavy atom. The second kappa shape index (κ2) is 14.4. The number of aliphatic imine (C=N–C) groups is 1. The number of rotatable bonds is 10. The molecule has 2 amide bonds. The van der Waals surface area contributed by atoms with E-state index >= 15 is 0 Å². The summed E-state index contributed by atoms with van der Waals surface area (Å²) in [4.78, 5) is 33.2. The molecule has 2 N–H and O–H groups in total. The maximum atomic E-state index is 12.5. The Kier molecular flexibility index (Phi) is 11.9. The standard InChI is InChI=1S/C25H47N5O2/c1-5-26-25(28-22-12-10-21(4)11-13-22)27-14-8-6-7-9-23(31)29-15-17-30(18-16-29)24(32)19-20(2)3/h20-22H,5-19H2,1-4H3,(H2,26,27,28). The van der Waals surface area contributed by atoms with E-state index in [2.05, 4.69) is 38.3 Å². The first-order valence-corrected chi connectivity index (χ1v) is 13.0. The van der Waals surface area contributed by atoms with Gasteiger partial charge in [0.2, 0.25) is 11.8 Å². The van der Waals surface area contributed by atoms with Crippen molar-refractivity contribution in [3.63, 3.8) is 0 Å². The van der Waals surface area contributed by atoms with Crippen LogP contribution in [0, 0.1) is 11.8 Å². The summed E-state index contributed by atoms with van der Waals surface area (Å²) in [5, 5.41) is 6.97. The lowest BCUT2D eigenvalue weighted by Gasteiger charge is -2.35. The maximum Gasteiger partial charge on any atom is 0.222 e. The number of nitrogens with zero attached hydrogens (tertiary/aromatic N) is 3. The lowest BCUT2D eigenvalue weighted by molar-refractivity contribution is -0.140. The molecule has 0 spiro atoms. The highest BCUT2D eigenvalue weighted by molar-refractivity contribution is 5.80. The summed E-state index contributed by atoms with van der Waals surface area (Å²) in [7, 11) is 0. The van der Waals surface area contributed by atoms with Gasteiger partial charge < -0.3 is 20.4 Å². The molecule has 2 rings (SSSR count). The zero-order valence-corrected chi connectivity index (χ0v) is 21.0. The van der Waals surface area contributed by atoms with E-state index in [1.807, 2.05) is 9.80 Å². The molecule has 0 aromatic rings. The van der Waals surface area contributed by atoms with Crippen molar-refractivity contribution in [2.75, 3.05) is 39.3 Å². The average molecular weight is 450 g/mol. The van der Waals surface area contributed by atoms with Crippen LogP contribution in [0.1, 0.15) is 85.5 Å². The van der Waals surface area contributed by atoms with E-state index in [1.165, 1.54) is 25.7 Å². The molecule has 0 bridgehead atoms. The fourth-order valence-electron chi connectivity index (χ4n) is 4.52. The van der Waals surface area contributed by atoms with Gasteiger partial charge in [0.1, 0.15) is 0 Å². The number of carbonyl (C=O) groups excluding carboxylic acids is 2. The molecule has 0 radical (unpaired) electrons. The smallest absolute Gasteiger partial charge is 0.222 e. The molecular weight excluding hydrogens is 402 g/mol. The second-order valence-corrected chi connectivity index (χ2v) is 10.0. The van der Waals surface area contributed by atoms with Gasteiger partial charge in [0.25, 0.3) is 0 Å². The summed E-state index contributed by atoms with van der Waals surface area (Å²) in [6.07, 6.45) is 9.19. The third-order valence-electron chi connectivity index (χ3n) is 6.59. The summed E-state index contributed by atoms with van der Waals surface area (Å²) < 4.78 is 0. The molecule has 0 aromatic heterocycles. The van der Waals surface area contributed by atoms with Gasteiger partial charge in [-0.1, -0.05) is 27.2 Å². The molecule has 0 aromatic carbocycles. The number of nitrogens with one attached hydrogen (secondary N) is 2. The Labute approximate surface area is 195 Å². The van der Waals surface area contributed by atoms with Crippen LogP contribution in [0.25, 0.3) is 0 Å². The third-order valence-corrected chi connectivity index (χ3v) is 6.59. The third kappa shape index (κ3) is 9.78. The van der Waals surface area contributed by atoms with Crippen LogP contribution in [-0.2, 0) is 9.59 Å². The molecule has 1 saturated heterocycles. The van der Waals surface area contributed by atoms with E-state index in [-0.39, 0.29) is 11.8 Å². The van der Waals surface area contributed by atoms with Crippen LogP contribution in [0.3, 0.4) is 0 Å². The quantitative estimate of drug-likeness (QED) is 0.304. The van der Waals surface area contributed by atoms with Crippen molar-refractivity contribution >= 4 is 17.8 Å². The van der Waals surface area contributed by atoms with Gasteiger partial charge in [0.05, 0.1) is 0 Å². The first-order chi connectivity index (χ1) is 15.4. The lowest BCUT2D eigenvalue weighted by Crippen LogP contribution is -2.50. The Hall–Kier alpha value is -1.79. The number of piperazine rings is 1. The molecule has 7 heteroatoms. The fourth-order valence-corrected chi connectivity index (χ4v) is 4.52. The summed E-state index contributed by atoms with van der Waals surface area (Å²) >= 11 is 0. The molecule has 2 aliphatic rings. The van der Waals surface area contributed by atoms with Crippen LogP contribution >= 0.6 is 0 Å². The second-order valence-electron chi connectivity index (χ2n) is 10.0. The van der Waals surface area contributed by atoms with Crippen LogP contribution in [-0.4, -0.2) is 72.9 Å². The largest absolute Gasteiger partial charge is 0.357 e. The number of amides is 2. The molecule has 1 heterocycles. The predicted molar refractivity (Wildman–Crippen MR) is 132 cm³/mol. The fraction of sp³-hybridized carbons (Fsp3) is 0.880. The van der Waals surface area contributed by atoms with Crippen molar-refractivity contribution in [1.82, 2.24) is 20.4 Å². The van der Waals surface area contributed by atoms with E-state index in [0.717, 1.165) is 44.2 Å². The lowest BCUT2D eigenvalue weighted by atomic mass is 9.87. The Morgan fingerprint density at radius 3 is 2.16 bits per heavy atom. The van der Waals surface area contributed by atoms with E-state index < -0.39 is 0 Å². The monoisotopic (exact) mass is 449 g/mol. The summed E-state index contributed by atoms with van der Waals surface area (Å²) in [5.74, 6) is 2.62. The molecule has 1 aliphatic heterocycles. The highest BCUT2D eigenvalue weighted by Crippen LogP contribution is 2.23. The van der Waals surface area contributed by atoms with Gasteiger partial charge in [0.15, 0.2) is 5.96 Å². The molecule has 0 atom stereocenters. The van der Waals surface area contributed by atoms with Crippen molar-refractivity contribution in [2.24, 2.45) is 16.8 Å². The van der Waals surface area contributed by atoms with Gasteiger partial charge in [0, 0.05) is 58.2 Å². The van der Waals surface area contributed by atoms with E-state index in [0.29, 0.717) is 51.0 Å². The minimum atomic E-state index is 0.220. The molecule has 0 unspecified atom stereocenters. The Balaban J connectivity index is 1.59. The van der Waals surface area contributed by atoms with Crippen LogP contribution in [0.4, 0.5) is 0 Å². The number of carbonyl (C=O) groups is 2. The molecular formula is C25H47N5O2. The van der Waals surface area contributed by atoms with Crippen LogP contribution in [0.5, 0.6) is 0 Å². The van der Waals surface area contributed by atoms with Crippen molar-refractivity contribution in [3.8, 4) is 0 Å². The molecule has 7 nitrogen and oxygen atoms in total. The number of guanidine groups is 1. The van der Waals surface area contributed by atoms with E-state index in [1.54, 1.807) is 0 Å².